The van der Waals surface area contributed by atoms with Crippen molar-refractivity contribution in [1.29, 1.82) is 0 Å². The highest BCUT2D eigenvalue weighted by Gasteiger charge is 2.22. The molecule has 0 aliphatic carbocycles. The van der Waals surface area contributed by atoms with Crippen LogP contribution in [0.15, 0.2) is 60.7 Å². The molecule has 1 N–H and O–H groups in total. The van der Waals surface area contributed by atoms with Gasteiger partial charge in [-0.3, -0.25) is 4.79 Å². The fourth-order valence-electron chi connectivity index (χ4n) is 3.75. The van der Waals surface area contributed by atoms with Crippen LogP contribution in [0.2, 0.25) is 0 Å². The smallest absolute Gasteiger partial charge is 0.223 e. The molecule has 1 atom stereocenters. The molecule has 1 heterocycles. The van der Waals surface area contributed by atoms with Crippen molar-refractivity contribution in [2.75, 3.05) is 19.6 Å². The Morgan fingerprint density at radius 2 is 1.65 bits per heavy atom. The standard InChI is InChI=1S/C23H30N2O/c1-19(22-10-6-3-7-11-22)24-15-12-23(26)25-16-13-21(14-17-25)18-20-8-4-2-5-9-20/h2-11,19,21,24H,12-18H2,1H3. The van der Waals surface area contributed by atoms with Crippen LogP contribution in [0, 0.1) is 5.92 Å². The van der Waals surface area contributed by atoms with Crippen LogP contribution in [0.5, 0.6) is 0 Å². The normalized spacial score (nSPS) is 16.4. The molecule has 0 spiro atoms. The lowest BCUT2D eigenvalue weighted by molar-refractivity contribution is -0.132. The van der Waals surface area contributed by atoms with Gasteiger partial charge in [-0.1, -0.05) is 60.7 Å². The highest BCUT2D eigenvalue weighted by molar-refractivity contribution is 5.76. The molecule has 0 radical (unpaired) electrons. The van der Waals surface area contributed by atoms with E-state index in [0.717, 1.165) is 38.9 Å². The van der Waals surface area contributed by atoms with Crippen molar-refractivity contribution in [3.8, 4) is 0 Å². The number of rotatable bonds is 7. The maximum atomic E-state index is 12.5. The van der Waals surface area contributed by atoms with Gasteiger partial charge in [-0.15, -0.1) is 0 Å². The number of carbonyl (C=O) groups excluding carboxylic acids is 1. The maximum absolute atomic E-state index is 12.5. The Kier molecular flexibility index (Phi) is 6.84. The Hall–Kier alpha value is -2.13. The van der Waals surface area contributed by atoms with E-state index >= 15 is 0 Å². The van der Waals surface area contributed by atoms with Crippen molar-refractivity contribution in [1.82, 2.24) is 10.2 Å². The van der Waals surface area contributed by atoms with E-state index in [1.807, 2.05) is 6.07 Å². The maximum Gasteiger partial charge on any atom is 0.223 e. The SMILES string of the molecule is CC(NCCC(=O)N1CCC(Cc2ccccc2)CC1)c1ccccc1. The minimum atomic E-state index is 0.278. The second-order valence-corrected chi connectivity index (χ2v) is 7.35. The van der Waals surface area contributed by atoms with Gasteiger partial charge in [0.1, 0.15) is 0 Å². The van der Waals surface area contributed by atoms with Crippen LogP contribution < -0.4 is 5.32 Å². The van der Waals surface area contributed by atoms with Crippen molar-refractivity contribution in [2.24, 2.45) is 5.92 Å². The monoisotopic (exact) mass is 350 g/mol. The average molecular weight is 351 g/mol. The van der Waals surface area contributed by atoms with Crippen LogP contribution >= 0.6 is 0 Å². The number of likely N-dealkylation sites (tertiary alicyclic amines) is 1. The lowest BCUT2D eigenvalue weighted by Gasteiger charge is -2.32. The predicted molar refractivity (Wildman–Crippen MR) is 107 cm³/mol. The molecule has 2 aromatic rings. The summed E-state index contributed by atoms with van der Waals surface area (Å²) >= 11 is 0. The Labute approximate surface area is 157 Å². The first-order valence-electron chi connectivity index (χ1n) is 9.82. The first kappa shape index (κ1) is 18.7. The summed E-state index contributed by atoms with van der Waals surface area (Å²) in [6, 6.07) is 21.4. The Bertz CT molecular complexity index is 663. The molecule has 1 aliphatic heterocycles. The number of nitrogens with one attached hydrogen (secondary N) is 1. The molecule has 26 heavy (non-hydrogen) atoms. The average Bonchev–Trinajstić information content (AvgIpc) is 2.70. The highest BCUT2D eigenvalue weighted by Crippen LogP contribution is 2.22. The second kappa shape index (κ2) is 9.54. The molecule has 138 valence electrons. The molecule has 0 saturated carbocycles. The summed E-state index contributed by atoms with van der Waals surface area (Å²) in [6.45, 7) is 4.70. The molecule has 2 aromatic carbocycles. The number of amides is 1. The van der Waals surface area contributed by atoms with Gasteiger partial charge in [-0.05, 0) is 43.2 Å². The summed E-state index contributed by atoms with van der Waals surface area (Å²) in [6.07, 6.45) is 3.96. The van der Waals surface area contributed by atoms with Crippen molar-refractivity contribution >= 4 is 5.91 Å². The topological polar surface area (TPSA) is 32.3 Å². The molecular weight excluding hydrogens is 320 g/mol. The lowest BCUT2D eigenvalue weighted by Crippen LogP contribution is -2.40. The van der Waals surface area contributed by atoms with Crippen LogP contribution in [0.25, 0.3) is 0 Å². The number of piperidine rings is 1. The third-order valence-electron chi connectivity index (χ3n) is 5.42. The Balaban J connectivity index is 1.36. The van der Waals surface area contributed by atoms with Gasteiger partial charge < -0.3 is 10.2 Å². The van der Waals surface area contributed by atoms with E-state index in [1.54, 1.807) is 0 Å². The Morgan fingerprint density at radius 3 is 2.31 bits per heavy atom. The van der Waals surface area contributed by atoms with Gasteiger partial charge in [-0.25, -0.2) is 0 Å². The van der Waals surface area contributed by atoms with E-state index in [1.165, 1.54) is 11.1 Å². The number of carbonyl (C=O) groups is 1. The van der Waals surface area contributed by atoms with Gasteiger partial charge in [0.05, 0.1) is 0 Å². The number of hydrogen-bond acceptors (Lipinski definition) is 2. The molecule has 3 nitrogen and oxygen atoms in total. The lowest BCUT2D eigenvalue weighted by atomic mass is 9.90. The molecular formula is C23H30N2O. The van der Waals surface area contributed by atoms with Crippen LogP contribution in [0.3, 0.4) is 0 Å². The van der Waals surface area contributed by atoms with E-state index in [4.69, 9.17) is 0 Å². The molecule has 1 fully saturated rings. The second-order valence-electron chi connectivity index (χ2n) is 7.35. The molecule has 0 bridgehead atoms. The van der Waals surface area contributed by atoms with E-state index in [-0.39, 0.29) is 11.9 Å². The summed E-state index contributed by atoms with van der Waals surface area (Å²) in [4.78, 5) is 14.5. The largest absolute Gasteiger partial charge is 0.343 e. The fourth-order valence-corrected chi connectivity index (χ4v) is 3.75. The zero-order valence-electron chi connectivity index (χ0n) is 15.7. The molecule has 1 unspecified atom stereocenters. The number of nitrogens with zero attached hydrogens (tertiary/aromatic N) is 1. The van der Waals surface area contributed by atoms with E-state index in [2.05, 4.69) is 71.7 Å². The molecule has 3 rings (SSSR count). The fraction of sp³-hybridized carbons (Fsp3) is 0.435. The molecule has 1 amide bonds. The molecule has 1 saturated heterocycles. The molecule has 0 aromatic heterocycles. The minimum Gasteiger partial charge on any atom is -0.343 e. The van der Waals surface area contributed by atoms with Gasteiger partial charge in [0.2, 0.25) is 5.91 Å². The molecule has 1 aliphatic rings. The van der Waals surface area contributed by atoms with E-state index in [0.29, 0.717) is 12.3 Å². The van der Waals surface area contributed by atoms with Crippen LogP contribution in [0.4, 0.5) is 0 Å². The highest BCUT2D eigenvalue weighted by atomic mass is 16.2. The van der Waals surface area contributed by atoms with Crippen LogP contribution in [-0.4, -0.2) is 30.4 Å². The zero-order chi connectivity index (χ0) is 18.2. The first-order valence-corrected chi connectivity index (χ1v) is 9.82. The van der Waals surface area contributed by atoms with Crippen molar-refractivity contribution in [3.05, 3.63) is 71.8 Å². The van der Waals surface area contributed by atoms with Gasteiger partial charge in [-0.2, -0.15) is 0 Å². The van der Waals surface area contributed by atoms with Crippen molar-refractivity contribution < 1.29 is 4.79 Å². The summed E-state index contributed by atoms with van der Waals surface area (Å²) in [7, 11) is 0. The van der Waals surface area contributed by atoms with Gasteiger partial charge in [0, 0.05) is 32.1 Å². The Morgan fingerprint density at radius 1 is 1.04 bits per heavy atom. The van der Waals surface area contributed by atoms with E-state index < -0.39 is 0 Å². The van der Waals surface area contributed by atoms with Gasteiger partial charge in [0.15, 0.2) is 0 Å². The van der Waals surface area contributed by atoms with Gasteiger partial charge >= 0.3 is 0 Å². The van der Waals surface area contributed by atoms with Crippen LogP contribution in [-0.2, 0) is 11.2 Å². The predicted octanol–water partition coefficient (Wildman–Crippen LogP) is 4.21. The van der Waals surface area contributed by atoms with Crippen LogP contribution in [0.1, 0.15) is 43.4 Å². The molecule has 3 heteroatoms. The first-order chi connectivity index (χ1) is 12.7. The summed E-state index contributed by atoms with van der Waals surface area (Å²) in [5.74, 6) is 0.994. The van der Waals surface area contributed by atoms with Gasteiger partial charge in [0.25, 0.3) is 0 Å². The quantitative estimate of drug-likeness (QED) is 0.811. The van der Waals surface area contributed by atoms with Crippen molar-refractivity contribution in [3.63, 3.8) is 0 Å². The number of hydrogen-bond donors (Lipinski definition) is 1. The summed E-state index contributed by atoms with van der Waals surface area (Å²) in [5.41, 5.74) is 2.68. The van der Waals surface area contributed by atoms with E-state index in [9.17, 15) is 4.79 Å². The zero-order valence-corrected chi connectivity index (χ0v) is 15.7. The summed E-state index contributed by atoms with van der Waals surface area (Å²) in [5, 5.41) is 3.46. The van der Waals surface area contributed by atoms with Crippen molar-refractivity contribution in [2.45, 2.75) is 38.6 Å². The summed E-state index contributed by atoms with van der Waals surface area (Å²) < 4.78 is 0. The third kappa shape index (κ3) is 5.43. The third-order valence-corrected chi connectivity index (χ3v) is 5.42. The number of benzene rings is 2. The minimum absolute atomic E-state index is 0.278.